The van der Waals surface area contributed by atoms with Crippen LogP contribution < -0.4 is 0 Å². The van der Waals surface area contributed by atoms with Crippen molar-refractivity contribution in [1.29, 1.82) is 0 Å². The van der Waals surface area contributed by atoms with Crippen molar-refractivity contribution in [1.82, 2.24) is 9.21 Å². The highest BCUT2D eigenvalue weighted by molar-refractivity contribution is 7.89. The zero-order valence-corrected chi connectivity index (χ0v) is 17.7. The molecule has 7 heteroatoms. The number of rotatable bonds is 5. The maximum Gasteiger partial charge on any atom is 0.255 e. The van der Waals surface area contributed by atoms with Gasteiger partial charge in [0.1, 0.15) is 0 Å². The van der Waals surface area contributed by atoms with E-state index in [9.17, 15) is 13.2 Å². The molecule has 1 aromatic carbocycles. The third-order valence-electron chi connectivity index (χ3n) is 6.02. The van der Waals surface area contributed by atoms with Crippen LogP contribution in [-0.4, -0.2) is 49.2 Å². The van der Waals surface area contributed by atoms with Gasteiger partial charge in [-0.3, -0.25) is 4.79 Å². The van der Waals surface area contributed by atoms with Crippen LogP contribution in [0.3, 0.4) is 0 Å². The second-order valence-electron chi connectivity index (χ2n) is 7.48. The summed E-state index contributed by atoms with van der Waals surface area (Å²) in [5, 5.41) is 0.316. The van der Waals surface area contributed by atoms with Crippen molar-refractivity contribution in [3.05, 3.63) is 28.8 Å². The van der Waals surface area contributed by atoms with Crippen molar-refractivity contribution in [3.63, 3.8) is 0 Å². The first-order chi connectivity index (χ1) is 12.9. The molecule has 1 heterocycles. The number of carbonyl (C=O) groups excluding carboxylic acids is 1. The number of likely N-dealkylation sites (tertiary alicyclic amines) is 1. The molecule has 27 heavy (non-hydrogen) atoms. The van der Waals surface area contributed by atoms with Crippen molar-refractivity contribution in [2.75, 3.05) is 19.6 Å². The van der Waals surface area contributed by atoms with Gasteiger partial charge in [-0.25, -0.2) is 8.42 Å². The summed E-state index contributed by atoms with van der Waals surface area (Å²) < 4.78 is 27.1. The first kappa shape index (κ1) is 20.6. The highest BCUT2D eigenvalue weighted by Gasteiger charge is 2.37. The molecule has 2 unspecified atom stereocenters. The first-order valence-corrected chi connectivity index (χ1v) is 11.8. The highest BCUT2D eigenvalue weighted by Crippen LogP contribution is 2.36. The van der Waals surface area contributed by atoms with Crippen molar-refractivity contribution >= 4 is 27.5 Å². The number of fused-ring (bicyclic) bond motifs is 1. The van der Waals surface area contributed by atoms with Gasteiger partial charge in [0.15, 0.2) is 0 Å². The average Bonchev–Trinajstić information content (AvgIpc) is 2.68. The van der Waals surface area contributed by atoms with Gasteiger partial charge in [0.25, 0.3) is 5.91 Å². The predicted molar refractivity (Wildman–Crippen MR) is 108 cm³/mol. The van der Waals surface area contributed by atoms with E-state index >= 15 is 0 Å². The lowest BCUT2D eigenvalue weighted by Gasteiger charge is -2.44. The van der Waals surface area contributed by atoms with Crippen molar-refractivity contribution in [2.24, 2.45) is 5.92 Å². The van der Waals surface area contributed by atoms with Gasteiger partial charge < -0.3 is 4.90 Å². The number of amides is 1. The van der Waals surface area contributed by atoms with Gasteiger partial charge in [0.2, 0.25) is 10.0 Å². The Morgan fingerprint density at radius 1 is 1.15 bits per heavy atom. The Labute approximate surface area is 167 Å². The number of hydrogen-bond acceptors (Lipinski definition) is 3. The normalized spacial score (nSPS) is 23.3. The van der Waals surface area contributed by atoms with Crippen LogP contribution in [-0.2, 0) is 10.0 Å². The Bertz CT molecular complexity index is 790. The Hall–Kier alpha value is -1.11. The van der Waals surface area contributed by atoms with Crippen LogP contribution in [0, 0.1) is 5.92 Å². The van der Waals surface area contributed by atoms with Gasteiger partial charge in [0, 0.05) is 25.7 Å². The molecule has 0 bridgehead atoms. The van der Waals surface area contributed by atoms with E-state index in [1.54, 1.807) is 13.8 Å². The minimum absolute atomic E-state index is 0.131. The Morgan fingerprint density at radius 3 is 2.52 bits per heavy atom. The zero-order chi connectivity index (χ0) is 19.6. The molecule has 0 spiro atoms. The van der Waals surface area contributed by atoms with E-state index in [2.05, 4.69) is 0 Å². The van der Waals surface area contributed by atoms with E-state index in [1.165, 1.54) is 41.8 Å². The van der Waals surface area contributed by atoms with Crippen LogP contribution in [0.4, 0.5) is 0 Å². The van der Waals surface area contributed by atoms with E-state index < -0.39 is 10.0 Å². The fourth-order valence-electron chi connectivity index (χ4n) is 4.57. The number of benzene rings is 1. The minimum atomic E-state index is -3.62. The molecule has 1 aromatic rings. The summed E-state index contributed by atoms with van der Waals surface area (Å²) in [5.74, 6) is 0.436. The van der Waals surface area contributed by atoms with Gasteiger partial charge in [-0.1, -0.05) is 38.3 Å². The van der Waals surface area contributed by atoms with Crippen LogP contribution >= 0.6 is 11.6 Å². The summed E-state index contributed by atoms with van der Waals surface area (Å²) >= 11 is 6.33. The standard InChI is InChI=1S/C20H29ClN2O3S/c1-3-22(4-2)27(25,26)16-11-12-18(21)17(14-16)20(24)23-13-7-9-15-8-5-6-10-19(15)23/h11-12,14-15,19H,3-10,13H2,1-2H3. The summed E-state index contributed by atoms with van der Waals surface area (Å²) in [6.45, 7) is 5.12. The summed E-state index contributed by atoms with van der Waals surface area (Å²) in [5.41, 5.74) is 0.302. The average molecular weight is 413 g/mol. The van der Waals surface area contributed by atoms with Crippen molar-refractivity contribution in [2.45, 2.75) is 63.3 Å². The van der Waals surface area contributed by atoms with E-state index in [1.807, 2.05) is 4.90 Å². The number of hydrogen-bond donors (Lipinski definition) is 0. The lowest BCUT2D eigenvalue weighted by Crippen LogP contribution is -2.49. The second-order valence-corrected chi connectivity index (χ2v) is 9.83. The molecular formula is C20H29ClN2O3S. The molecule has 5 nitrogen and oxygen atoms in total. The number of piperidine rings is 1. The molecule has 1 aliphatic carbocycles. The van der Waals surface area contributed by atoms with Gasteiger partial charge in [0.05, 0.1) is 15.5 Å². The van der Waals surface area contributed by atoms with Crippen molar-refractivity contribution < 1.29 is 13.2 Å². The summed E-state index contributed by atoms with van der Waals surface area (Å²) in [6, 6.07) is 4.75. The van der Waals surface area contributed by atoms with Crippen LogP contribution in [0.25, 0.3) is 0 Å². The van der Waals surface area contributed by atoms with E-state index in [4.69, 9.17) is 11.6 Å². The molecular weight excluding hydrogens is 384 g/mol. The van der Waals surface area contributed by atoms with Gasteiger partial charge in [-0.2, -0.15) is 4.31 Å². The second kappa shape index (κ2) is 8.50. The minimum Gasteiger partial charge on any atom is -0.335 e. The Balaban J connectivity index is 1.93. The number of halogens is 1. The summed E-state index contributed by atoms with van der Waals surface area (Å²) in [7, 11) is -3.62. The lowest BCUT2D eigenvalue weighted by molar-refractivity contribution is 0.0390. The Kier molecular flexibility index (Phi) is 6.49. The molecule has 1 amide bonds. The molecule has 0 radical (unpaired) electrons. The molecule has 1 aliphatic heterocycles. The largest absolute Gasteiger partial charge is 0.335 e. The molecule has 3 rings (SSSR count). The van der Waals surface area contributed by atoms with Gasteiger partial charge in [-0.15, -0.1) is 0 Å². The maximum absolute atomic E-state index is 13.3. The summed E-state index contributed by atoms with van der Waals surface area (Å²) in [6.07, 6.45) is 6.78. The molecule has 1 saturated heterocycles. The number of sulfonamides is 1. The highest BCUT2D eigenvalue weighted by atomic mass is 35.5. The van der Waals surface area contributed by atoms with Crippen LogP contribution in [0.2, 0.25) is 5.02 Å². The smallest absolute Gasteiger partial charge is 0.255 e. The Morgan fingerprint density at radius 2 is 1.81 bits per heavy atom. The third-order valence-corrected chi connectivity index (χ3v) is 8.39. The monoisotopic (exact) mass is 412 g/mol. The topological polar surface area (TPSA) is 57.7 Å². The molecule has 2 atom stereocenters. The van der Waals surface area contributed by atoms with Crippen LogP contribution in [0.15, 0.2) is 23.1 Å². The van der Waals surface area contributed by atoms with Gasteiger partial charge in [-0.05, 0) is 49.8 Å². The van der Waals surface area contributed by atoms with E-state index in [-0.39, 0.29) is 16.8 Å². The lowest BCUT2D eigenvalue weighted by atomic mass is 9.78. The molecule has 2 fully saturated rings. The fourth-order valence-corrected chi connectivity index (χ4v) is 6.26. The predicted octanol–water partition coefficient (Wildman–Crippen LogP) is 4.17. The molecule has 1 saturated carbocycles. The number of nitrogens with zero attached hydrogens (tertiary/aromatic N) is 2. The summed E-state index contributed by atoms with van der Waals surface area (Å²) in [4.78, 5) is 15.4. The zero-order valence-electron chi connectivity index (χ0n) is 16.2. The first-order valence-electron chi connectivity index (χ1n) is 10.0. The fraction of sp³-hybridized carbons (Fsp3) is 0.650. The molecule has 2 aliphatic rings. The molecule has 150 valence electrons. The van der Waals surface area contributed by atoms with Gasteiger partial charge >= 0.3 is 0 Å². The third kappa shape index (κ3) is 4.03. The number of carbonyl (C=O) groups is 1. The SMILES string of the molecule is CCN(CC)S(=O)(=O)c1ccc(Cl)c(C(=O)N2CCCC3CCCCC32)c1. The van der Waals surface area contributed by atoms with Crippen LogP contribution in [0.1, 0.15) is 62.7 Å². The maximum atomic E-state index is 13.3. The van der Waals surface area contributed by atoms with E-state index in [0.717, 1.165) is 25.8 Å². The van der Waals surface area contributed by atoms with Crippen LogP contribution in [0.5, 0.6) is 0 Å². The molecule has 0 aromatic heterocycles. The quantitative estimate of drug-likeness (QED) is 0.729. The molecule has 0 N–H and O–H groups in total. The van der Waals surface area contributed by atoms with Crippen molar-refractivity contribution in [3.8, 4) is 0 Å². The van der Waals surface area contributed by atoms with E-state index in [0.29, 0.717) is 29.6 Å².